The standard InChI is InChI=1S/C60H125N5.5C3H8/c1-6-11-15-19-23-27-31-35-39-43-48-62(47-42-38-34-30-26-22-18-14-9-4)55-53-61(10-5)54-56-64-51-46-52-65(60-59-64)58-57-63(49-44-40-36-32-28-24-20-16-12-7-2)50-45-41-37-33-29-25-21-17-13-8-3;5*1-3-2/h6-60H2,1-5H3;5*3H2,1-2H3. The van der Waals surface area contributed by atoms with Crippen LogP contribution in [0.15, 0.2) is 0 Å². The van der Waals surface area contributed by atoms with E-state index in [4.69, 9.17) is 0 Å². The third-order valence-corrected chi connectivity index (χ3v) is 15.4. The fourth-order valence-corrected chi connectivity index (χ4v) is 10.5. The Morgan fingerprint density at radius 2 is 0.388 bits per heavy atom. The topological polar surface area (TPSA) is 16.2 Å². The predicted molar refractivity (Wildman–Crippen MR) is 375 cm³/mol. The Morgan fingerprint density at radius 3 is 0.613 bits per heavy atom. The second-order valence-corrected chi connectivity index (χ2v) is 25.1. The fourth-order valence-electron chi connectivity index (χ4n) is 10.5. The molecular weight excluding hydrogens is 971 g/mol. The van der Waals surface area contributed by atoms with Crippen molar-refractivity contribution in [2.75, 3.05) is 98.2 Å². The Labute approximate surface area is 513 Å². The number of nitrogens with zero attached hydrogens (tertiary/aromatic N) is 5. The molecule has 0 amide bonds. The van der Waals surface area contributed by atoms with Gasteiger partial charge in [-0.1, -0.05) is 361 Å². The first-order chi connectivity index (χ1) is 39.2. The Kier molecular flexibility index (Phi) is 94.4. The van der Waals surface area contributed by atoms with Crippen LogP contribution in [-0.4, -0.2) is 123 Å². The minimum Gasteiger partial charge on any atom is -0.302 e. The number of likely N-dealkylation sites (N-methyl/N-ethyl adjacent to an activating group) is 1. The lowest BCUT2D eigenvalue weighted by Crippen LogP contribution is -2.41. The zero-order valence-electron chi connectivity index (χ0n) is 59.7. The van der Waals surface area contributed by atoms with Gasteiger partial charge in [-0.2, -0.15) is 0 Å². The van der Waals surface area contributed by atoms with Crippen molar-refractivity contribution in [3.8, 4) is 0 Å². The molecule has 0 radical (unpaired) electrons. The van der Waals surface area contributed by atoms with Crippen LogP contribution >= 0.6 is 0 Å². The van der Waals surface area contributed by atoms with Gasteiger partial charge in [-0.3, -0.25) is 0 Å². The van der Waals surface area contributed by atoms with E-state index in [0.717, 1.165) is 0 Å². The molecule has 0 aromatic heterocycles. The van der Waals surface area contributed by atoms with Gasteiger partial charge in [0.05, 0.1) is 0 Å². The summed E-state index contributed by atoms with van der Waals surface area (Å²) in [5.41, 5.74) is 0. The van der Waals surface area contributed by atoms with E-state index in [1.807, 2.05) is 0 Å². The molecule has 0 aromatic carbocycles. The smallest absolute Gasteiger partial charge is 0.0110 e. The van der Waals surface area contributed by atoms with Gasteiger partial charge in [-0.25, -0.2) is 0 Å². The number of rotatable bonds is 53. The zero-order valence-corrected chi connectivity index (χ0v) is 59.7. The molecule has 5 nitrogen and oxygen atoms in total. The van der Waals surface area contributed by atoms with Crippen LogP contribution in [0.5, 0.6) is 0 Å². The fraction of sp³-hybridized carbons (Fsp3) is 1.00. The molecule has 1 aliphatic rings. The van der Waals surface area contributed by atoms with Gasteiger partial charge < -0.3 is 24.5 Å². The van der Waals surface area contributed by atoms with Crippen LogP contribution in [0, 0.1) is 0 Å². The molecule has 0 unspecified atom stereocenters. The molecule has 1 rings (SSSR count). The van der Waals surface area contributed by atoms with Gasteiger partial charge in [-0.05, 0) is 77.9 Å². The molecule has 1 fully saturated rings. The molecule has 0 bridgehead atoms. The summed E-state index contributed by atoms with van der Waals surface area (Å²) in [5.74, 6) is 0. The average Bonchev–Trinajstić information content (AvgIpc) is 3.69. The molecule has 5 heteroatoms. The largest absolute Gasteiger partial charge is 0.302 e. The van der Waals surface area contributed by atoms with Crippen molar-refractivity contribution in [3.05, 3.63) is 0 Å². The Hall–Kier alpha value is -0.200. The average molecular weight is 1140 g/mol. The molecular formula is C75H165N5. The van der Waals surface area contributed by atoms with Crippen LogP contribution < -0.4 is 0 Å². The van der Waals surface area contributed by atoms with Crippen LogP contribution in [0.3, 0.4) is 0 Å². The normalized spacial score (nSPS) is 12.7. The molecule has 490 valence electrons. The summed E-state index contributed by atoms with van der Waals surface area (Å²) in [5, 5.41) is 0. The van der Waals surface area contributed by atoms with E-state index in [2.05, 4.69) is 128 Å². The first-order valence-corrected chi connectivity index (χ1v) is 37.9. The van der Waals surface area contributed by atoms with E-state index in [1.165, 1.54) is 387 Å². The van der Waals surface area contributed by atoms with E-state index in [-0.39, 0.29) is 0 Å². The third kappa shape index (κ3) is 82.0. The zero-order chi connectivity index (χ0) is 60.3. The molecule has 0 spiro atoms. The molecule has 0 saturated carbocycles. The van der Waals surface area contributed by atoms with E-state index in [9.17, 15) is 0 Å². The van der Waals surface area contributed by atoms with Crippen LogP contribution in [0.4, 0.5) is 0 Å². The first kappa shape index (κ1) is 88.6. The quantitative estimate of drug-likeness (QED) is 0.0563. The van der Waals surface area contributed by atoms with E-state index >= 15 is 0 Å². The van der Waals surface area contributed by atoms with Gasteiger partial charge in [0.2, 0.25) is 0 Å². The van der Waals surface area contributed by atoms with Crippen molar-refractivity contribution >= 4 is 0 Å². The van der Waals surface area contributed by atoms with Gasteiger partial charge in [0.1, 0.15) is 0 Å². The van der Waals surface area contributed by atoms with Crippen molar-refractivity contribution in [3.63, 3.8) is 0 Å². The molecule has 0 aromatic rings. The Balaban J connectivity index is -0.00000112. The van der Waals surface area contributed by atoms with Crippen LogP contribution in [0.1, 0.15) is 393 Å². The van der Waals surface area contributed by atoms with Crippen molar-refractivity contribution in [1.82, 2.24) is 24.5 Å². The van der Waals surface area contributed by atoms with E-state index < -0.39 is 0 Å². The maximum absolute atomic E-state index is 2.88. The lowest BCUT2D eigenvalue weighted by atomic mass is 10.1. The monoisotopic (exact) mass is 1140 g/mol. The van der Waals surface area contributed by atoms with Crippen molar-refractivity contribution in [2.24, 2.45) is 0 Å². The summed E-state index contributed by atoms with van der Waals surface area (Å²) >= 11 is 0. The molecule has 0 atom stereocenters. The van der Waals surface area contributed by atoms with Gasteiger partial charge >= 0.3 is 0 Å². The Morgan fingerprint density at radius 1 is 0.200 bits per heavy atom. The van der Waals surface area contributed by atoms with Crippen molar-refractivity contribution < 1.29 is 0 Å². The minimum absolute atomic E-state index is 1.19. The van der Waals surface area contributed by atoms with Crippen LogP contribution in [0.25, 0.3) is 0 Å². The Bertz CT molecular complexity index is 926. The minimum atomic E-state index is 1.19. The highest BCUT2D eigenvalue weighted by Gasteiger charge is 2.17. The van der Waals surface area contributed by atoms with E-state index in [1.54, 1.807) is 0 Å². The van der Waals surface area contributed by atoms with Gasteiger partial charge in [0.15, 0.2) is 0 Å². The first-order valence-electron chi connectivity index (χ1n) is 37.9. The summed E-state index contributed by atoms with van der Waals surface area (Å²) in [6, 6.07) is 0. The molecule has 1 aliphatic heterocycles. The lowest BCUT2D eigenvalue weighted by Gasteiger charge is -2.29. The third-order valence-electron chi connectivity index (χ3n) is 15.4. The van der Waals surface area contributed by atoms with Gasteiger partial charge in [0, 0.05) is 52.4 Å². The molecule has 80 heavy (non-hydrogen) atoms. The summed E-state index contributed by atoms with van der Waals surface area (Å²) in [4.78, 5) is 14.2. The predicted octanol–water partition coefficient (Wildman–Crippen LogP) is 24.3. The highest BCUT2D eigenvalue weighted by Crippen LogP contribution is 2.16. The van der Waals surface area contributed by atoms with Crippen molar-refractivity contribution in [2.45, 2.75) is 393 Å². The maximum Gasteiger partial charge on any atom is 0.0110 e. The molecule has 1 saturated heterocycles. The number of unbranched alkanes of at least 4 members (excludes halogenated alkanes) is 35. The molecule has 0 aliphatic carbocycles. The maximum atomic E-state index is 2.88. The molecule has 0 N–H and O–H groups in total. The van der Waals surface area contributed by atoms with Gasteiger partial charge in [0.25, 0.3) is 0 Å². The lowest BCUT2D eigenvalue weighted by molar-refractivity contribution is 0.174. The summed E-state index contributed by atoms with van der Waals surface area (Å²) in [6.07, 6.45) is 63.7. The number of hydrogen-bond donors (Lipinski definition) is 0. The van der Waals surface area contributed by atoms with E-state index in [0.29, 0.717) is 0 Å². The van der Waals surface area contributed by atoms with Gasteiger partial charge in [-0.15, -0.1) is 0 Å². The highest BCUT2D eigenvalue weighted by molar-refractivity contribution is 4.74. The summed E-state index contributed by atoms with van der Waals surface area (Å²) in [7, 11) is 0. The second kappa shape index (κ2) is 85.2. The SMILES string of the molecule is CCC.CCC.CCC.CCC.CCC.CCCCCCCCCCCCN(CCCCCCCCCCC)CCN(CC)CCN1CCCN(CCN(CCCCCCCCCCCC)CCCCCCCCCCCC)CC1. The molecule has 1 heterocycles. The second-order valence-electron chi connectivity index (χ2n) is 25.1. The summed E-state index contributed by atoms with van der Waals surface area (Å²) < 4.78 is 0. The van der Waals surface area contributed by atoms with Crippen LogP contribution in [-0.2, 0) is 0 Å². The number of hydrogen-bond acceptors (Lipinski definition) is 5. The highest BCUT2D eigenvalue weighted by atomic mass is 15.3. The van der Waals surface area contributed by atoms with Crippen molar-refractivity contribution in [1.29, 1.82) is 0 Å². The summed E-state index contributed by atoms with van der Waals surface area (Å²) in [6.45, 7) is 52.2. The van der Waals surface area contributed by atoms with Crippen LogP contribution in [0.2, 0.25) is 0 Å².